The second kappa shape index (κ2) is 12.7. The molecule has 4 rings (SSSR count). The average Bonchev–Trinajstić information content (AvgIpc) is 3.58. The maximum Gasteiger partial charge on any atom is 0.396 e. The zero-order chi connectivity index (χ0) is 30.7. The van der Waals surface area contributed by atoms with Crippen LogP contribution >= 0.6 is 22.7 Å². The van der Waals surface area contributed by atoms with E-state index in [0.29, 0.717) is 34.4 Å². The number of anilines is 2. The third-order valence-corrected chi connectivity index (χ3v) is 7.72. The highest BCUT2D eigenvalue weighted by atomic mass is 32.1. The zero-order valence-electron chi connectivity index (χ0n) is 23.4. The fourth-order valence-corrected chi connectivity index (χ4v) is 5.56. The van der Waals surface area contributed by atoms with Crippen molar-refractivity contribution in [3.63, 3.8) is 0 Å². The first kappa shape index (κ1) is 31.3. The van der Waals surface area contributed by atoms with E-state index in [1.165, 1.54) is 10.8 Å². The number of aromatic nitrogens is 2. The van der Waals surface area contributed by atoms with Crippen molar-refractivity contribution in [2.75, 3.05) is 10.6 Å². The van der Waals surface area contributed by atoms with Gasteiger partial charge in [-0.15, -0.1) is 22.7 Å². The molecular formula is C30H30F4N4O2S2. The Morgan fingerprint density at radius 3 is 1.31 bits per heavy atom. The number of thiazole rings is 2. The average molecular weight is 619 g/mol. The minimum atomic E-state index is -5.37. The molecule has 2 N–H and O–H groups in total. The summed E-state index contributed by atoms with van der Waals surface area (Å²) >= 11 is 1.60. The van der Waals surface area contributed by atoms with Crippen LogP contribution in [0.1, 0.15) is 38.8 Å². The number of rotatable bonds is 11. The minimum absolute atomic E-state index is 0.305. The van der Waals surface area contributed by atoms with E-state index in [9.17, 15) is 27.2 Å². The van der Waals surface area contributed by atoms with E-state index in [0.717, 1.165) is 46.6 Å². The number of amides is 2. The molecule has 0 bridgehead atoms. The van der Waals surface area contributed by atoms with Gasteiger partial charge < -0.3 is 0 Å². The molecule has 0 spiro atoms. The van der Waals surface area contributed by atoms with Gasteiger partial charge in [-0.25, -0.2) is 9.97 Å². The monoisotopic (exact) mass is 618 g/mol. The summed E-state index contributed by atoms with van der Waals surface area (Å²) in [4.78, 5) is 32.6. The van der Waals surface area contributed by atoms with Gasteiger partial charge >= 0.3 is 23.7 Å². The fourth-order valence-electron chi connectivity index (χ4n) is 4.13. The molecule has 222 valence electrons. The van der Waals surface area contributed by atoms with Gasteiger partial charge in [-0.05, 0) is 35.8 Å². The second-order valence-corrected chi connectivity index (χ2v) is 12.4. The van der Waals surface area contributed by atoms with E-state index in [2.05, 4.69) is 37.7 Å². The number of hydrogen-bond donors (Lipinski definition) is 2. The molecule has 0 aliphatic heterocycles. The number of hydrogen-bond acceptors (Lipinski definition) is 6. The smallest absolute Gasteiger partial charge is 0.296 e. The lowest BCUT2D eigenvalue weighted by Crippen LogP contribution is -2.56. The highest BCUT2D eigenvalue weighted by molar-refractivity contribution is 7.14. The zero-order valence-corrected chi connectivity index (χ0v) is 25.0. The molecule has 12 heteroatoms. The molecule has 2 heterocycles. The molecule has 0 radical (unpaired) electrons. The van der Waals surface area contributed by atoms with Crippen LogP contribution in [0.2, 0.25) is 0 Å². The summed E-state index contributed by atoms with van der Waals surface area (Å²) in [5.74, 6) is -14.5. The van der Waals surface area contributed by atoms with Gasteiger partial charge in [0.1, 0.15) is 0 Å². The van der Waals surface area contributed by atoms with E-state index < -0.39 is 23.7 Å². The van der Waals surface area contributed by atoms with Gasteiger partial charge in [-0.2, -0.15) is 17.6 Å². The van der Waals surface area contributed by atoms with Gasteiger partial charge in [0.05, 0.1) is 11.4 Å². The quantitative estimate of drug-likeness (QED) is 0.166. The predicted molar refractivity (Wildman–Crippen MR) is 159 cm³/mol. The first-order chi connectivity index (χ1) is 19.8. The first-order valence-corrected chi connectivity index (χ1v) is 15.0. The van der Waals surface area contributed by atoms with Crippen molar-refractivity contribution in [3.05, 3.63) is 70.4 Å². The lowest BCUT2D eigenvalue weighted by Gasteiger charge is -2.23. The number of halogens is 4. The van der Waals surface area contributed by atoms with Crippen molar-refractivity contribution < 1.29 is 27.2 Å². The van der Waals surface area contributed by atoms with Crippen LogP contribution in [0.3, 0.4) is 0 Å². The highest BCUT2D eigenvalue weighted by Gasteiger charge is 2.67. The van der Waals surface area contributed by atoms with Crippen molar-refractivity contribution >= 4 is 44.8 Å². The van der Waals surface area contributed by atoms with E-state index in [1.54, 1.807) is 34.9 Å². The Morgan fingerprint density at radius 1 is 0.667 bits per heavy atom. The Balaban J connectivity index is 1.40. The van der Waals surface area contributed by atoms with E-state index >= 15 is 0 Å². The summed E-state index contributed by atoms with van der Waals surface area (Å²) in [6, 6.07) is 14.9. The lowest BCUT2D eigenvalue weighted by molar-refractivity contribution is -0.204. The number of benzene rings is 2. The van der Waals surface area contributed by atoms with Crippen LogP contribution in [0.15, 0.2) is 59.3 Å². The lowest BCUT2D eigenvalue weighted by atomic mass is 10.0. The third kappa shape index (κ3) is 7.22. The van der Waals surface area contributed by atoms with Crippen LogP contribution < -0.4 is 10.6 Å². The Hall–Kier alpha value is -3.64. The van der Waals surface area contributed by atoms with Crippen molar-refractivity contribution in [1.82, 2.24) is 9.97 Å². The summed E-state index contributed by atoms with van der Waals surface area (Å²) in [5.41, 5.74) is 4.33. The molecule has 0 saturated heterocycles. The maximum atomic E-state index is 14.6. The third-order valence-electron chi connectivity index (χ3n) is 6.20. The molecule has 6 nitrogen and oxygen atoms in total. The van der Waals surface area contributed by atoms with Gasteiger partial charge in [0.2, 0.25) is 0 Å². The molecule has 0 atom stereocenters. The summed E-state index contributed by atoms with van der Waals surface area (Å²) in [7, 11) is 0. The molecule has 0 unspecified atom stereocenters. The van der Waals surface area contributed by atoms with Gasteiger partial charge in [-0.3, -0.25) is 20.2 Å². The summed E-state index contributed by atoms with van der Waals surface area (Å²) in [6.07, 6.45) is 1.76. The van der Waals surface area contributed by atoms with Crippen LogP contribution in [0.25, 0.3) is 22.5 Å². The molecule has 42 heavy (non-hydrogen) atoms. The Labute approximate surface area is 249 Å². The first-order valence-electron chi connectivity index (χ1n) is 13.2. The minimum Gasteiger partial charge on any atom is -0.296 e. The van der Waals surface area contributed by atoms with E-state index in [4.69, 9.17) is 0 Å². The summed E-state index contributed by atoms with van der Waals surface area (Å²) < 4.78 is 58.6. The second-order valence-electron chi connectivity index (χ2n) is 10.7. The number of carbonyl (C=O) groups excluding carboxylic acids is 2. The molecule has 0 fully saturated rings. The number of carbonyl (C=O) groups is 2. The van der Waals surface area contributed by atoms with Crippen molar-refractivity contribution in [2.24, 2.45) is 11.8 Å². The van der Waals surface area contributed by atoms with Gasteiger partial charge in [0.25, 0.3) is 0 Å². The standard InChI is InChI=1S/C30H30F4N4O2S2/c1-17(2)13-19-5-9-21(10-6-19)23-15-41-27(35-23)37-25(39)29(31,32)30(33,34)26(40)38-28-36-24(16-42-28)22-11-7-20(8-12-22)14-18(3)4/h5-12,15-18H,13-14H2,1-4H3,(H,35,37,39)(H,36,38,40). The summed E-state index contributed by atoms with van der Waals surface area (Å²) in [6.45, 7) is 8.37. The number of nitrogens with one attached hydrogen (secondary N) is 2. The highest BCUT2D eigenvalue weighted by Crippen LogP contribution is 2.38. The van der Waals surface area contributed by atoms with Gasteiger partial charge in [-0.1, -0.05) is 76.2 Å². The van der Waals surface area contributed by atoms with Crippen LogP contribution in [0.4, 0.5) is 27.8 Å². The molecule has 0 saturated carbocycles. The normalized spacial score (nSPS) is 12.1. The molecule has 2 aromatic heterocycles. The Kier molecular flexibility index (Phi) is 9.47. The topological polar surface area (TPSA) is 84.0 Å². The van der Waals surface area contributed by atoms with Crippen molar-refractivity contribution in [2.45, 2.75) is 52.4 Å². The van der Waals surface area contributed by atoms with E-state index in [-0.39, 0.29) is 10.3 Å². The van der Waals surface area contributed by atoms with Gasteiger partial charge in [0.15, 0.2) is 10.3 Å². The Bertz CT molecular complexity index is 1420. The molecule has 4 aromatic rings. The number of alkyl halides is 4. The summed E-state index contributed by atoms with van der Waals surface area (Å²) in [5, 5.41) is 5.85. The van der Waals surface area contributed by atoms with Crippen LogP contribution in [0.5, 0.6) is 0 Å². The van der Waals surface area contributed by atoms with Crippen LogP contribution in [0, 0.1) is 11.8 Å². The maximum absolute atomic E-state index is 14.6. The van der Waals surface area contributed by atoms with Crippen LogP contribution in [-0.4, -0.2) is 33.6 Å². The molecule has 0 aliphatic carbocycles. The number of nitrogens with zero attached hydrogens (tertiary/aromatic N) is 2. The molecule has 2 aromatic carbocycles. The molecule has 0 aliphatic rings. The fraction of sp³-hybridized carbons (Fsp3) is 0.333. The van der Waals surface area contributed by atoms with Crippen LogP contribution in [-0.2, 0) is 22.4 Å². The largest absolute Gasteiger partial charge is 0.396 e. The van der Waals surface area contributed by atoms with Crippen molar-refractivity contribution in [1.29, 1.82) is 0 Å². The van der Waals surface area contributed by atoms with Gasteiger partial charge in [0, 0.05) is 21.9 Å². The Morgan fingerprint density at radius 2 is 1.00 bits per heavy atom. The molecular weight excluding hydrogens is 588 g/mol. The van der Waals surface area contributed by atoms with E-state index in [1.807, 2.05) is 24.3 Å². The SMILES string of the molecule is CC(C)Cc1ccc(-c2csc(NC(=O)C(F)(F)C(F)(F)C(=O)Nc3nc(-c4ccc(CC(C)C)cc4)cs3)n2)cc1. The molecule has 2 amide bonds. The van der Waals surface area contributed by atoms with Crippen molar-refractivity contribution in [3.8, 4) is 22.5 Å². The predicted octanol–water partition coefficient (Wildman–Crippen LogP) is 8.18.